The number of aliphatic hydroxyl groups excluding tert-OH is 1. The van der Waals surface area contributed by atoms with Crippen LogP contribution in [0.1, 0.15) is 93.2 Å². The van der Waals surface area contributed by atoms with Crippen LogP contribution < -0.4 is 20.5 Å². The van der Waals surface area contributed by atoms with E-state index in [0.717, 1.165) is 5.56 Å². The largest absolute Gasteiger partial charge is 0.493 e. The van der Waals surface area contributed by atoms with Crippen molar-refractivity contribution in [1.82, 2.24) is 10.2 Å². The average Bonchev–Trinajstić information content (AvgIpc) is 3.37. The number of hydrogen-bond donors (Lipinski definition) is 3. The van der Waals surface area contributed by atoms with Gasteiger partial charge in [-0.05, 0) is 82.9 Å². The molecule has 1 aromatic carbocycles. The number of aliphatic hydroxyl groups is 1. The third-order valence-electron chi connectivity index (χ3n) is 8.77. The minimum absolute atomic E-state index is 0.0235. The highest BCUT2D eigenvalue weighted by Gasteiger charge is 2.50. The van der Waals surface area contributed by atoms with Crippen molar-refractivity contribution in [2.24, 2.45) is 34.8 Å². The summed E-state index contributed by atoms with van der Waals surface area (Å²) in [6.45, 7) is 17.9. The lowest BCUT2D eigenvalue weighted by molar-refractivity contribution is -0.130. The van der Waals surface area contributed by atoms with E-state index in [1.54, 1.807) is 33.0 Å². The van der Waals surface area contributed by atoms with Gasteiger partial charge < -0.3 is 35.1 Å². The number of likely N-dealkylation sites (tertiary alicyclic amines) is 1. The van der Waals surface area contributed by atoms with Gasteiger partial charge in [0, 0.05) is 32.6 Å². The molecule has 4 N–H and O–H groups in total. The minimum Gasteiger partial charge on any atom is -0.493 e. The Morgan fingerprint density at radius 3 is 2.22 bits per heavy atom. The van der Waals surface area contributed by atoms with Gasteiger partial charge in [-0.3, -0.25) is 14.5 Å². The Hall–Kier alpha value is -3.05. The van der Waals surface area contributed by atoms with E-state index in [2.05, 4.69) is 19.2 Å². The number of amides is 3. The summed E-state index contributed by atoms with van der Waals surface area (Å²) in [6.07, 6.45) is -0.218. The standard InChI is InChI=1S/C35H59N3O8/c1-21(2)24-18-26(27(39)19-25(22(3)4)31(40)37-20-35(8,9)32(36)41)38(33(42)46-34(5,6)7)30(24)23-13-14-28(44-11)29(17-23)45-16-12-15-43-10/h13-14,17,21-22,24-27,30,39H,12,15-16,18-20H2,1-11H3,(H2,36,41)(H,37,40)/t24-,25-,26-,27-,30?/m0/s1. The van der Waals surface area contributed by atoms with Gasteiger partial charge in [-0.1, -0.05) is 33.8 Å². The molecule has 0 radical (unpaired) electrons. The van der Waals surface area contributed by atoms with Crippen molar-refractivity contribution < 1.29 is 38.4 Å². The lowest BCUT2D eigenvalue weighted by atomic mass is 9.82. The molecule has 5 atom stereocenters. The van der Waals surface area contributed by atoms with Crippen molar-refractivity contribution in [3.05, 3.63) is 23.8 Å². The Bertz CT molecular complexity index is 1160. The first-order valence-corrected chi connectivity index (χ1v) is 16.4. The lowest BCUT2D eigenvalue weighted by Crippen LogP contribution is -2.49. The second kappa shape index (κ2) is 16.7. The summed E-state index contributed by atoms with van der Waals surface area (Å²) in [6, 6.07) is 4.63. The Kier molecular flexibility index (Phi) is 14.2. The van der Waals surface area contributed by atoms with Crippen molar-refractivity contribution in [2.45, 2.75) is 105 Å². The minimum atomic E-state index is -1.02. The maximum atomic E-state index is 14.0. The van der Waals surface area contributed by atoms with Gasteiger partial charge in [0.15, 0.2) is 11.5 Å². The van der Waals surface area contributed by atoms with Gasteiger partial charge >= 0.3 is 6.09 Å². The summed E-state index contributed by atoms with van der Waals surface area (Å²) < 4.78 is 22.7. The summed E-state index contributed by atoms with van der Waals surface area (Å²) in [7, 11) is 3.23. The average molecular weight is 650 g/mol. The van der Waals surface area contributed by atoms with Crippen molar-refractivity contribution in [1.29, 1.82) is 0 Å². The Labute approximate surface area is 275 Å². The Morgan fingerprint density at radius 2 is 1.70 bits per heavy atom. The smallest absolute Gasteiger partial charge is 0.411 e. The SMILES string of the molecule is COCCCOc1cc(C2[C@H](C(C)C)C[C@@H]([C@@H](O)C[C@H](C(=O)NCC(C)(C)C(N)=O)C(C)C)N2C(=O)OC(C)(C)C)ccc1OC. The number of nitrogens with two attached hydrogens (primary N) is 1. The van der Waals surface area contributed by atoms with Gasteiger partial charge in [-0.15, -0.1) is 0 Å². The number of rotatable bonds is 16. The number of methoxy groups -OCH3 is 2. The second-order valence-corrected chi connectivity index (χ2v) is 14.8. The zero-order valence-electron chi connectivity index (χ0n) is 29.8. The number of primary amides is 1. The van der Waals surface area contributed by atoms with Crippen molar-refractivity contribution >= 4 is 17.9 Å². The first kappa shape index (κ1) is 39.1. The normalized spacial score (nSPS) is 20.0. The van der Waals surface area contributed by atoms with E-state index >= 15 is 0 Å². The van der Waals surface area contributed by atoms with Crippen LogP contribution in [0, 0.1) is 29.1 Å². The summed E-state index contributed by atoms with van der Waals surface area (Å²) in [5, 5.41) is 14.7. The fourth-order valence-corrected chi connectivity index (χ4v) is 5.89. The molecule has 46 heavy (non-hydrogen) atoms. The molecule has 1 aromatic rings. The number of carbonyl (C=O) groups excluding carboxylic acids is 3. The molecule has 1 saturated heterocycles. The van der Waals surface area contributed by atoms with E-state index in [4.69, 9.17) is 24.7 Å². The summed E-state index contributed by atoms with van der Waals surface area (Å²) in [4.78, 5) is 40.9. The zero-order valence-corrected chi connectivity index (χ0v) is 29.8. The van der Waals surface area contributed by atoms with Gasteiger partial charge in [0.1, 0.15) is 5.60 Å². The summed E-state index contributed by atoms with van der Waals surface area (Å²) in [5.74, 6) is -0.200. The molecule has 2 rings (SSSR count). The monoisotopic (exact) mass is 649 g/mol. The first-order chi connectivity index (χ1) is 21.3. The fraction of sp³-hybridized carbons (Fsp3) is 0.743. The predicted molar refractivity (Wildman–Crippen MR) is 177 cm³/mol. The van der Waals surface area contributed by atoms with E-state index in [9.17, 15) is 19.5 Å². The van der Waals surface area contributed by atoms with Crippen LogP contribution >= 0.6 is 0 Å². The van der Waals surface area contributed by atoms with Crippen LogP contribution in [0.4, 0.5) is 4.79 Å². The molecule has 0 bridgehead atoms. The Morgan fingerprint density at radius 1 is 1.04 bits per heavy atom. The van der Waals surface area contributed by atoms with Gasteiger partial charge in [-0.2, -0.15) is 0 Å². The topological polar surface area (TPSA) is 150 Å². The molecule has 11 heteroatoms. The molecule has 0 spiro atoms. The van der Waals surface area contributed by atoms with E-state index in [1.807, 2.05) is 52.8 Å². The Balaban J connectivity index is 2.51. The first-order valence-electron chi connectivity index (χ1n) is 16.4. The number of benzene rings is 1. The van der Waals surface area contributed by atoms with E-state index in [-0.39, 0.29) is 36.6 Å². The number of carbonyl (C=O) groups is 3. The van der Waals surface area contributed by atoms with Crippen LogP contribution in [0.25, 0.3) is 0 Å². The highest BCUT2D eigenvalue weighted by atomic mass is 16.6. The quantitative estimate of drug-likeness (QED) is 0.210. The highest BCUT2D eigenvalue weighted by Crippen LogP contribution is 2.48. The van der Waals surface area contributed by atoms with Gasteiger partial charge in [0.05, 0.1) is 37.3 Å². The third kappa shape index (κ3) is 10.5. The number of ether oxygens (including phenoxy) is 4. The molecule has 0 aliphatic carbocycles. The molecule has 1 aliphatic heterocycles. The molecular formula is C35H59N3O8. The van der Waals surface area contributed by atoms with Crippen LogP contribution in [0.3, 0.4) is 0 Å². The lowest BCUT2D eigenvalue weighted by Gasteiger charge is -2.37. The van der Waals surface area contributed by atoms with Gasteiger partial charge in [0.25, 0.3) is 0 Å². The predicted octanol–water partition coefficient (Wildman–Crippen LogP) is 5.08. The molecule has 1 fully saturated rings. The molecule has 262 valence electrons. The van der Waals surface area contributed by atoms with Crippen LogP contribution in [0.15, 0.2) is 18.2 Å². The van der Waals surface area contributed by atoms with Crippen LogP contribution in [-0.2, 0) is 19.1 Å². The molecule has 11 nitrogen and oxygen atoms in total. The van der Waals surface area contributed by atoms with Crippen LogP contribution in [0.5, 0.6) is 11.5 Å². The molecule has 1 unspecified atom stereocenters. The zero-order chi connectivity index (χ0) is 35.0. The van der Waals surface area contributed by atoms with Crippen molar-refractivity contribution in [2.75, 3.05) is 34.0 Å². The second-order valence-electron chi connectivity index (χ2n) is 14.8. The molecule has 3 amide bonds. The summed E-state index contributed by atoms with van der Waals surface area (Å²) in [5.41, 5.74) is 4.66. The fourth-order valence-electron chi connectivity index (χ4n) is 5.89. The van der Waals surface area contributed by atoms with Crippen LogP contribution in [0.2, 0.25) is 0 Å². The summed E-state index contributed by atoms with van der Waals surface area (Å²) >= 11 is 0. The van der Waals surface area contributed by atoms with E-state index < -0.39 is 47.1 Å². The molecule has 0 saturated carbocycles. The van der Waals surface area contributed by atoms with Gasteiger partial charge in [0.2, 0.25) is 11.8 Å². The molecule has 1 heterocycles. The third-order valence-corrected chi connectivity index (χ3v) is 8.77. The van der Waals surface area contributed by atoms with E-state index in [1.165, 1.54) is 0 Å². The van der Waals surface area contributed by atoms with Crippen molar-refractivity contribution in [3.8, 4) is 11.5 Å². The number of hydrogen-bond acceptors (Lipinski definition) is 8. The molecule has 0 aromatic heterocycles. The van der Waals surface area contributed by atoms with E-state index in [0.29, 0.717) is 37.6 Å². The highest BCUT2D eigenvalue weighted by molar-refractivity contribution is 5.83. The maximum Gasteiger partial charge on any atom is 0.411 e. The molecule has 1 aliphatic rings. The molecular weight excluding hydrogens is 590 g/mol. The number of nitrogens with zero attached hydrogens (tertiary/aromatic N) is 1. The van der Waals surface area contributed by atoms with Gasteiger partial charge in [-0.25, -0.2) is 4.79 Å². The van der Waals surface area contributed by atoms with Crippen LogP contribution in [-0.4, -0.2) is 79.6 Å². The number of nitrogens with one attached hydrogen (secondary N) is 1. The van der Waals surface area contributed by atoms with Crippen molar-refractivity contribution in [3.63, 3.8) is 0 Å². The maximum absolute atomic E-state index is 14.0.